The minimum Gasteiger partial charge on any atom is -0.480 e. The fourth-order valence-electron chi connectivity index (χ4n) is 2.36. The molecule has 1 heterocycles. The molecule has 0 aromatic carbocycles. The van der Waals surface area contributed by atoms with Crippen molar-refractivity contribution in [3.63, 3.8) is 0 Å². The van der Waals surface area contributed by atoms with E-state index in [1.54, 1.807) is 0 Å². The molecule has 4 unspecified atom stereocenters. The van der Waals surface area contributed by atoms with Crippen molar-refractivity contribution in [2.45, 2.75) is 43.9 Å². The van der Waals surface area contributed by atoms with Gasteiger partial charge in [-0.1, -0.05) is 0 Å². The number of aliphatic hydroxyl groups excluding tert-OH is 1. The van der Waals surface area contributed by atoms with E-state index in [1.165, 1.54) is 31.2 Å². The van der Waals surface area contributed by atoms with Crippen LogP contribution in [0.1, 0.15) is 19.0 Å². The average molecular weight is 445 g/mol. The lowest BCUT2D eigenvalue weighted by Gasteiger charge is -2.23. The molecule has 0 radical (unpaired) electrons. The molecule has 4 atom stereocenters. The van der Waals surface area contributed by atoms with Gasteiger partial charge in [-0.15, -0.1) is 0 Å². The Kier molecular flexibility index (Phi) is 10.9. The van der Waals surface area contributed by atoms with E-state index in [0.29, 0.717) is 11.4 Å². The topological polar surface area (TPSA) is 200 Å². The van der Waals surface area contributed by atoms with Gasteiger partial charge in [0.25, 0.3) is 0 Å². The Balaban J connectivity index is 2.86. The maximum absolute atomic E-state index is 12.7. The van der Waals surface area contributed by atoms with Gasteiger partial charge in [-0.2, -0.15) is 11.8 Å². The smallest absolute Gasteiger partial charge is 0.326 e. The molecule has 0 fully saturated rings. The number of carbonyl (C=O) groups is 4. The molecule has 0 saturated carbocycles. The van der Waals surface area contributed by atoms with E-state index in [9.17, 15) is 24.3 Å². The molecular weight excluding hydrogens is 416 g/mol. The zero-order chi connectivity index (χ0) is 22.7. The summed E-state index contributed by atoms with van der Waals surface area (Å²) in [6.45, 7) is 0.804. The molecule has 3 amide bonds. The van der Waals surface area contributed by atoms with Crippen LogP contribution in [0, 0.1) is 0 Å². The largest absolute Gasteiger partial charge is 0.480 e. The number of thioether (sulfide) groups is 1. The van der Waals surface area contributed by atoms with Gasteiger partial charge in [0.15, 0.2) is 0 Å². The van der Waals surface area contributed by atoms with Crippen molar-refractivity contribution in [3.05, 3.63) is 18.2 Å². The molecule has 0 spiro atoms. The van der Waals surface area contributed by atoms with Gasteiger partial charge in [0.05, 0.1) is 12.9 Å². The van der Waals surface area contributed by atoms with Crippen LogP contribution >= 0.6 is 11.8 Å². The summed E-state index contributed by atoms with van der Waals surface area (Å²) in [5, 5.41) is 25.5. The number of hydrogen-bond acceptors (Lipinski definition) is 8. The van der Waals surface area contributed by atoms with Crippen LogP contribution in [0.3, 0.4) is 0 Å². The van der Waals surface area contributed by atoms with Gasteiger partial charge in [-0.25, -0.2) is 9.78 Å². The number of aromatic amines is 1. The predicted octanol–water partition coefficient (Wildman–Crippen LogP) is -2.42. The van der Waals surface area contributed by atoms with Gasteiger partial charge in [0.1, 0.15) is 24.2 Å². The van der Waals surface area contributed by atoms with E-state index < -0.39 is 54.5 Å². The molecule has 1 aromatic heterocycles. The summed E-state index contributed by atoms with van der Waals surface area (Å²) in [6, 6.07) is -4.44. The van der Waals surface area contributed by atoms with Crippen LogP contribution in [-0.2, 0) is 25.6 Å². The second-order valence-electron chi connectivity index (χ2n) is 6.54. The van der Waals surface area contributed by atoms with Crippen LogP contribution in [0.25, 0.3) is 0 Å². The maximum Gasteiger partial charge on any atom is 0.326 e. The first-order chi connectivity index (χ1) is 14.2. The van der Waals surface area contributed by atoms with Gasteiger partial charge in [-0.3, -0.25) is 14.4 Å². The number of carbonyl (C=O) groups excluding carboxylic acids is 3. The van der Waals surface area contributed by atoms with Crippen molar-refractivity contribution in [1.29, 1.82) is 0 Å². The lowest BCUT2D eigenvalue weighted by atomic mass is 10.1. The monoisotopic (exact) mass is 444 g/mol. The molecule has 0 aliphatic carbocycles. The van der Waals surface area contributed by atoms with E-state index in [0.717, 1.165) is 0 Å². The molecule has 0 saturated heterocycles. The quantitative estimate of drug-likeness (QED) is 0.173. The molecule has 0 aliphatic rings. The van der Waals surface area contributed by atoms with Crippen molar-refractivity contribution < 1.29 is 29.4 Å². The number of aliphatic carboxylic acids is 1. The number of nitrogens with zero attached hydrogens (tertiary/aromatic N) is 1. The summed E-state index contributed by atoms with van der Waals surface area (Å²) in [5.74, 6) is -2.73. The highest BCUT2D eigenvalue weighted by Crippen LogP contribution is 2.04. The number of aliphatic hydroxyl groups is 1. The van der Waals surface area contributed by atoms with Crippen LogP contribution in [0.5, 0.6) is 0 Å². The Bertz CT molecular complexity index is 716. The number of rotatable bonds is 13. The van der Waals surface area contributed by atoms with Crippen molar-refractivity contribution in [3.8, 4) is 0 Å². The number of carboxylic acids is 1. The van der Waals surface area contributed by atoms with Crippen LogP contribution in [0.4, 0.5) is 0 Å². The number of carboxylic acid groups (broad SMARTS) is 1. The molecular formula is C17H28N6O6S. The number of imidazole rings is 1. The average Bonchev–Trinajstić information content (AvgIpc) is 3.22. The van der Waals surface area contributed by atoms with Gasteiger partial charge < -0.3 is 36.9 Å². The first kappa shape index (κ1) is 25.4. The lowest BCUT2D eigenvalue weighted by Crippen LogP contribution is -2.57. The number of nitrogens with two attached hydrogens (primary N) is 1. The minimum atomic E-state index is -1.18. The van der Waals surface area contributed by atoms with Gasteiger partial charge in [-0.05, 0) is 25.4 Å². The Morgan fingerprint density at radius 3 is 2.37 bits per heavy atom. The standard InChI is InChI=1S/C17H28N6O6S/c1-9(21-15(26)11(18)7-24)14(25)23-13(5-10-6-19-8-20-10)16(27)22-12(17(28)29)3-4-30-2/h6,8-9,11-13,24H,3-5,7,18H2,1-2H3,(H,19,20)(H,21,26)(H,22,27)(H,23,25)(H,28,29). The molecule has 13 heteroatoms. The second-order valence-corrected chi connectivity index (χ2v) is 7.53. The van der Waals surface area contributed by atoms with Gasteiger partial charge in [0.2, 0.25) is 17.7 Å². The molecule has 1 aromatic rings. The lowest BCUT2D eigenvalue weighted by molar-refractivity contribution is -0.142. The Hall–Kier alpha value is -2.64. The van der Waals surface area contributed by atoms with E-state index in [-0.39, 0.29) is 12.8 Å². The first-order valence-electron chi connectivity index (χ1n) is 9.16. The highest BCUT2D eigenvalue weighted by Gasteiger charge is 2.29. The van der Waals surface area contributed by atoms with E-state index in [1.807, 2.05) is 6.26 Å². The minimum absolute atomic E-state index is 0.0310. The number of nitrogens with one attached hydrogen (secondary N) is 4. The zero-order valence-corrected chi connectivity index (χ0v) is 17.6. The molecule has 8 N–H and O–H groups in total. The number of hydrogen-bond donors (Lipinski definition) is 7. The number of aromatic nitrogens is 2. The highest BCUT2D eigenvalue weighted by atomic mass is 32.2. The van der Waals surface area contributed by atoms with Gasteiger partial charge >= 0.3 is 5.97 Å². The van der Waals surface area contributed by atoms with Crippen LogP contribution in [0.2, 0.25) is 0 Å². The third kappa shape index (κ3) is 8.39. The fraction of sp³-hybridized carbons (Fsp3) is 0.588. The van der Waals surface area contributed by atoms with Crippen molar-refractivity contribution >= 4 is 35.5 Å². The van der Waals surface area contributed by atoms with E-state index in [2.05, 4.69) is 25.9 Å². The summed E-state index contributed by atoms with van der Waals surface area (Å²) in [6.07, 6.45) is 4.95. The molecule has 30 heavy (non-hydrogen) atoms. The maximum atomic E-state index is 12.7. The van der Waals surface area contributed by atoms with Crippen molar-refractivity contribution in [2.24, 2.45) is 5.73 Å². The predicted molar refractivity (Wildman–Crippen MR) is 109 cm³/mol. The van der Waals surface area contributed by atoms with Gasteiger partial charge in [0, 0.05) is 18.3 Å². The van der Waals surface area contributed by atoms with Crippen LogP contribution < -0.4 is 21.7 Å². The Morgan fingerprint density at radius 2 is 1.83 bits per heavy atom. The van der Waals surface area contributed by atoms with Crippen LogP contribution in [0.15, 0.2) is 12.5 Å². The van der Waals surface area contributed by atoms with E-state index in [4.69, 9.17) is 10.8 Å². The van der Waals surface area contributed by atoms with E-state index >= 15 is 0 Å². The second kappa shape index (κ2) is 12.8. The van der Waals surface area contributed by atoms with Crippen molar-refractivity contribution in [1.82, 2.24) is 25.9 Å². The van der Waals surface area contributed by atoms with Crippen molar-refractivity contribution in [2.75, 3.05) is 18.6 Å². The summed E-state index contributed by atoms with van der Waals surface area (Å²) < 4.78 is 0. The molecule has 168 valence electrons. The molecule has 0 bridgehead atoms. The molecule has 1 rings (SSSR count). The SMILES string of the molecule is CSCCC(NC(=O)C(Cc1cnc[nH]1)NC(=O)C(C)NC(=O)C(N)CO)C(=O)O. The summed E-state index contributed by atoms with van der Waals surface area (Å²) >= 11 is 1.45. The first-order valence-corrected chi connectivity index (χ1v) is 10.6. The third-order valence-corrected chi connectivity index (χ3v) is 4.77. The van der Waals surface area contributed by atoms with Crippen LogP contribution in [-0.4, -0.2) is 86.7 Å². The summed E-state index contributed by atoms with van der Waals surface area (Å²) in [4.78, 5) is 55.0. The fourth-order valence-corrected chi connectivity index (χ4v) is 2.83. The Morgan fingerprint density at radius 1 is 1.17 bits per heavy atom. The summed E-state index contributed by atoms with van der Waals surface area (Å²) in [5.41, 5.74) is 5.95. The zero-order valence-electron chi connectivity index (χ0n) is 16.8. The molecule has 0 aliphatic heterocycles. The highest BCUT2D eigenvalue weighted by molar-refractivity contribution is 7.98. The number of H-pyrrole nitrogens is 1. The summed E-state index contributed by atoms with van der Waals surface area (Å²) in [7, 11) is 0. The Labute approximate surface area is 177 Å². The number of amides is 3. The molecule has 12 nitrogen and oxygen atoms in total. The third-order valence-electron chi connectivity index (χ3n) is 4.12. The normalized spacial score (nSPS) is 14.8.